The van der Waals surface area contributed by atoms with E-state index in [1.165, 1.54) is 12.1 Å². The normalized spacial score (nSPS) is 13.8. The van der Waals surface area contributed by atoms with Gasteiger partial charge in [-0.15, -0.1) is 10.2 Å². The monoisotopic (exact) mass is 517 g/mol. The van der Waals surface area contributed by atoms with Crippen LogP contribution in [0.15, 0.2) is 51.5 Å². The van der Waals surface area contributed by atoms with Gasteiger partial charge in [0.1, 0.15) is 27.8 Å². The van der Waals surface area contributed by atoms with Crippen molar-refractivity contribution in [2.24, 2.45) is 10.2 Å². The van der Waals surface area contributed by atoms with Gasteiger partial charge in [-0.3, -0.25) is 13.7 Å². The summed E-state index contributed by atoms with van der Waals surface area (Å²) in [6.07, 6.45) is 0. The third kappa shape index (κ3) is 5.62. The topological polar surface area (TPSA) is 218 Å². The highest BCUT2D eigenvalue weighted by molar-refractivity contribution is 7.86. The first-order valence-electron chi connectivity index (χ1n) is 8.54. The Morgan fingerprint density at radius 1 is 1.00 bits per heavy atom. The maximum atomic E-state index is 11.8. The molecule has 3 aromatic rings. The Bertz CT molecular complexity index is 1440. The molecule has 0 aliphatic heterocycles. The number of nitrogen functional groups attached to an aromatic ring is 1. The number of anilines is 1. The molecule has 0 bridgehead atoms. The lowest BCUT2D eigenvalue weighted by Crippen LogP contribution is -2.04. The van der Waals surface area contributed by atoms with Crippen molar-refractivity contribution in [2.75, 3.05) is 5.73 Å². The Morgan fingerprint density at radius 3 is 2.27 bits per heavy atom. The number of aromatic hydroxyl groups is 1. The van der Waals surface area contributed by atoms with Gasteiger partial charge in [0, 0.05) is 6.07 Å². The summed E-state index contributed by atoms with van der Waals surface area (Å²) in [5, 5.41) is 18.0. The van der Waals surface area contributed by atoms with E-state index in [2.05, 4.69) is 14.4 Å². The summed E-state index contributed by atoms with van der Waals surface area (Å²) < 4.78 is 82.5. The maximum absolute atomic E-state index is 11.8. The minimum absolute atomic E-state index is 0.0390. The molecule has 0 aromatic heterocycles. The molecular formula is C17H15N3O10S3. The van der Waals surface area contributed by atoms with Gasteiger partial charge < -0.3 is 19.2 Å². The van der Waals surface area contributed by atoms with Gasteiger partial charge in [-0.05, 0) is 42.1 Å². The summed E-state index contributed by atoms with van der Waals surface area (Å²) in [7, 11) is -4.87. The fraction of sp³-hybridized carbons (Fsp3) is 0.0588. The molecule has 6 N–H and O–H groups in total. The van der Waals surface area contributed by atoms with E-state index >= 15 is 0 Å². The molecule has 0 spiro atoms. The first-order chi connectivity index (χ1) is 15.4. The molecule has 13 nitrogen and oxygen atoms in total. The fourth-order valence-corrected chi connectivity index (χ4v) is 4.06. The van der Waals surface area contributed by atoms with E-state index in [9.17, 15) is 26.5 Å². The smallest absolute Gasteiger partial charge is 0.357 e. The van der Waals surface area contributed by atoms with Crippen LogP contribution in [0.2, 0.25) is 0 Å². The number of nitrogens with two attached hydrogens (primary N) is 1. The summed E-state index contributed by atoms with van der Waals surface area (Å²) in [4.78, 5) is -0.775. The highest BCUT2D eigenvalue weighted by Crippen LogP contribution is 2.44. The van der Waals surface area contributed by atoms with E-state index in [4.69, 9.17) is 19.0 Å². The molecule has 0 radical (unpaired) electrons. The van der Waals surface area contributed by atoms with Crippen LogP contribution in [0, 0.1) is 6.92 Å². The van der Waals surface area contributed by atoms with Gasteiger partial charge in [-0.25, -0.2) is 0 Å². The van der Waals surface area contributed by atoms with Crippen molar-refractivity contribution < 1.29 is 44.0 Å². The van der Waals surface area contributed by atoms with Gasteiger partial charge >= 0.3 is 22.7 Å². The highest BCUT2D eigenvalue weighted by atomic mass is 32.2. The van der Waals surface area contributed by atoms with E-state index in [-0.39, 0.29) is 33.6 Å². The Balaban J connectivity index is 2.29. The molecule has 16 heteroatoms. The van der Waals surface area contributed by atoms with Crippen LogP contribution >= 0.6 is 0 Å². The van der Waals surface area contributed by atoms with Crippen LogP contribution in [0.25, 0.3) is 10.8 Å². The van der Waals surface area contributed by atoms with Crippen LogP contribution in [0.3, 0.4) is 0 Å². The Kier molecular flexibility index (Phi) is 6.96. The van der Waals surface area contributed by atoms with Crippen LogP contribution in [0.5, 0.6) is 17.2 Å². The fourth-order valence-electron chi connectivity index (χ4n) is 2.86. The summed E-state index contributed by atoms with van der Waals surface area (Å²) in [5.41, 5.74) is 5.56. The zero-order chi connectivity index (χ0) is 24.5. The molecule has 0 fully saturated rings. The third-order valence-electron chi connectivity index (χ3n) is 4.15. The summed E-state index contributed by atoms with van der Waals surface area (Å²) >= 11 is -5.42. The number of azo groups is 1. The second-order valence-corrected chi connectivity index (χ2v) is 9.02. The average Bonchev–Trinajstić information content (AvgIpc) is 2.66. The van der Waals surface area contributed by atoms with Crippen molar-refractivity contribution in [3.05, 3.63) is 42.0 Å². The van der Waals surface area contributed by atoms with Crippen molar-refractivity contribution in [1.29, 1.82) is 0 Å². The number of fused-ring (bicyclic) bond motifs is 1. The van der Waals surface area contributed by atoms with Crippen molar-refractivity contribution in [1.82, 2.24) is 0 Å². The van der Waals surface area contributed by atoms with Crippen LogP contribution in [-0.2, 0) is 32.8 Å². The third-order valence-corrected chi connectivity index (χ3v) is 5.70. The second-order valence-electron chi connectivity index (χ2n) is 6.42. The van der Waals surface area contributed by atoms with E-state index in [0.29, 0.717) is 5.56 Å². The number of rotatable bonds is 7. The molecule has 0 saturated carbocycles. The van der Waals surface area contributed by atoms with Crippen LogP contribution < -0.4 is 14.1 Å². The van der Waals surface area contributed by atoms with Gasteiger partial charge in [0.15, 0.2) is 5.75 Å². The molecule has 0 aliphatic rings. The molecule has 2 atom stereocenters. The van der Waals surface area contributed by atoms with Crippen molar-refractivity contribution in [3.63, 3.8) is 0 Å². The lowest BCUT2D eigenvalue weighted by atomic mass is 10.1. The van der Waals surface area contributed by atoms with Crippen molar-refractivity contribution >= 4 is 60.7 Å². The Hall–Kier alpha value is -3.15. The molecule has 176 valence electrons. The largest absolute Gasteiger partial charge is 0.507 e. The summed E-state index contributed by atoms with van der Waals surface area (Å²) in [5.74, 6) is -0.986. The molecule has 3 aromatic carbocycles. The average molecular weight is 518 g/mol. The first kappa shape index (κ1) is 24.5. The van der Waals surface area contributed by atoms with Crippen LogP contribution in [-0.4, -0.2) is 35.6 Å². The van der Waals surface area contributed by atoms with Crippen LogP contribution in [0.4, 0.5) is 17.1 Å². The van der Waals surface area contributed by atoms with Gasteiger partial charge in [0.25, 0.3) is 10.1 Å². The number of aryl methyl sites for hydroxylation is 1. The Labute approximate surface area is 191 Å². The number of hydrogen-bond donors (Lipinski definition) is 5. The van der Waals surface area contributed by atoms with Gasteiger partial charge in [-0.2, -0.15) is 16.8 Å². The molecular weight excluding hydrogens is 502 g/mol. The highest BCUT2D eigenvalue weighted by Gasteiger charge is 2.23. The van der Waals surface area contributed by atoms with Gasteiger partial charge in [0.05, 0.1) is 11.1 Å². The number of phenols is 1. The van der Waals surface area contributed by atoms with Gasteiger partial charge in [-0.1, -0.05) is 6.07 Å². The lowest BCUT2D eigenvalue weighted by Gasteiger charge is -2.12. The number of phenolic OH excluding ortho intramolecular Hbond substituents is 1. The number of hydrogen-bond acceptors (Lipinski definition) is 10. The van der Waals surface area contributed by atoms with E-state index in [0.717, 1.165) is 18.2 Å². The maximum Gasteiger partial charge on any atom is 0.357 e. The zero-order valence-corrected chi connectivity index (χ0v) is 18.8. The quantitative estimate of drug-likeness (QED) is 0.133. The summed E-state index contributed by atoms with van der Waals surface area (Å²) in [6, 6.07) is 7.35. The molecule has 0 saturated heterocycles. The lowest BCUT2D eigenvalue weighted by molar-refractivity contribution is 0.451. The first-order valence-corrected chi connectivity index (χ1v) is 12.0. The summed E-state index contributed by atoms with van der Waals surface area (Å²) in [6.45, 7) is 1.69. The standard InChI is InChI=1S/C17H15N3O10S3/c1-8-2-3-11(13(4-8)30-32(24)25)19-20-17-15-9(6-14(16(17)18)33(26,27)28)5-10(7-12(15)21)29-31(22)23/h2-7,21H,18H2,1H3,(H,22,23)(H,24,25)(H,26,27,28). The second kappa shape index (κ2) is 9.38. The van der Waals surface area contributed by atoms with Crippen molar-refractivity contribution in [3.8, 4) is 17.2 Å². The molecule has 2 unspecified atom stereocenters. The molecule has 33 heavy (non-hydrogen) atoms. The Morgan fingerprint density at radius 2 is 1.67 bits per heavy atom. The predicted molar refractivity (Wildman–Crippen MR) is 118 cm³/mol. The predicted octanol–water partition coefficient (Wildman–Crippen LogP) is 3.13. The molecule has 0 amide bonds. The van der Waals surface area contributed by atoms with E-state index in [1.54, 1.807) is 13.0 Å². The van der Waals surface area contributed by atoms with Crippen molar-refractivity contribution in [2.45, 2.75) is 11.8 Å². The zero-order valence-electron chi connectivity index (χ0n) is 16.4. The minimum atomic E-state index is -4.87. The van der Waals surface area contributed by atoms with E-state index < -0.39 is 49.2 Å². The number of benzene rings is 3. The van der Waals surface area contributed by atoms with Gasteiger partial charge in [0.2, 0.25) is 0 Å². The number of nitrogens with zero attached hydrogens (tertiary/aromatic N) is 2. The molecule has 3 rings (SSSR count). The molecule has 0 heterocycles. The van der Waals surface area contributed by atoms with E-state index in [1.807, 2.05) is 0 Å². The minimum Gasteiger partial charge on any atom is -0.507 e. The SMILES string of the molecule is Cc1ccc(N=Nc2c(N)c(S(=O)(=O)O)cc3cc(OS(=O)O)cc(O)c23)c(OS(=O)O)c1. The van der Waals surface area contributed by atoms with Crippen LogP contribution in [0.1, 0.15) is 5.56 Å². The molecule has 0 aliphatic carbocycles.